The van der Waals surface area contributed by atoms with Gasteiger partial charge >= 0.3 is 12.1 Å². The number of hydrogen-bond donors (Lipinski definition) is 3. The molecule has 0 aromatic carbocycles. The Kier molecular flexibility index (Phi) is 4.47. The molecule has 0 aliphatic heterocycles. The topological polar surface area (TPSA) is 67.4 Å². The van der Waals surface area contributed by atoms with Crippen molar-refractivity contribution in [1.82, 2.24) is 10.0 Å². The molecule has 0 saturated heterocycles. The minimum atomic E-state index is -0.783. The van der Waals surface area contributed by atoms with Crippen LogP contribution in [0.15, 0.2) is 0 Å². The van der Waals surface area contributed by atoms with E-state index in [1.807, 2.05) is 10.0 Å². The molecule has 5 nitrogen and oxygen atoms in total. The maximum absolute atomic E-state index is 10.4. The first-order valence-corrected chi connectivity index (χ1v) is 3.03. The van der Waals surface area contributed by atoms with Crippen LogP contribution in [0, 0.1) is 0 Å². The number of nitrogens with one attached hydrogen (secondary N) is 2. The molecule has 0 radical (unpaired) electrons. The third-order valence-corrected chi connectivity index (χ3v) is 0.796. The van der Waals surface area contributed by atoms with Gasteiger partial charge in [0.2, 0.25) is 0 Å². The van der Waals surface area contributed by atoms with Crippen LogP contribution in [0.2, 0.25) is 0 Å². The maximum Gasteiger partial charge on any atom is 0.415 e. The standard InChI is InChI=1S/C4H8N2O3S/c1-2-9-4(8)5-3(7)6-10/h10H,2H2,1H3,(H2,5,6,7,8). The number of rotatable bonds is 1. The molecule has 0 fully saturated rings. The lowest BCUT2D eigenvalue weighted by Gasteiger charge is -2.00. The maximum atomic E-state index is 10.4. The van der Waals surface area contributed by atoms with Gasteiger partial charge < -0.3 is 4.74 Å². The number of hydrogen-bond acceptors (Lipinski definition) is 4. The van der Waals surface area contributed by atoms with E-state index in [-0.39, 0.29) is 6.61 Å². The van der Waals surface area contributed by atoms with Gasteiger partial charge in [0.15, 0.2) is 0 Å². The summed E-state index contributed by atoms with van der Waals surface area (Å²) >= 11 is 3.39. The summed E-state index contributed by atoms with van der Waals surface area (Å²) in [5, 5.41) is 1.84. The van der Waals surface area contributed by atoms with Crippen LogP contribution in [0.5, 0.6) is 0 Å². The Labute approximate surface area is 63.7 Å². The molecule has 0 atom stereocenters. The summed E-state index contributed by atoms with van der Waals surface area (Å²) in [7, 11) is 0. The van der Waals surface area contributed by atoms with Gasteiger partial charge in [0.05, 0.1) is 6.61 Å². The summed E-state index contributed by atoms with van der Waals surface area (Å²) < 4.78 is 6.27. The summed E-state index contributed by atoms with van der Waals surface area (Å²) in [5.74, 6) is 0. The summed E-state index contributed by atoms with van der Waals surface area (Å²) in [6.07, 6.45) is -0.783. The fourth-order valence-electron chi connectivity index (χ4n) is 0.288. The lowest BCUT2D eigenvalue weighted by Crippen LogP contribution is -2.35. The van der Waals surface area contributed by atoms with Crippen LogP contribution in [-0.2, 0) is 4.74 Å². The van der Waals surface area contributed by atoms with Crippen molar-refractivity contribution in [2.75, 3.05) is 6.61 Å². The van der Waals surface area contributed by atoms with Gasteiger partial charge in [-0.15, -0.1) is 0 Å². The van der Waals surface area contributed by atoms with Gasteiger partial charge in [-0.25, -0.2) is 14.9 Å². The Morgan fingerprint density at radius 3 is 2.60 bits per heavy atom. The molecule has 0 aromatic heterocycles. The first-order valence-electron chi connectivity index (χ1n) is 2.58. The Hall–Kier alpha value is -0.910. The molecule has 0 heterocycles. The molecule has 0 bridgehead atoms. The van der Waals surface area contributed by atoms with Crippen molar-refractivity contribution in [3.63, 3.8) is 0 Å². The molecule has 0 rings (SSSR count). The number of urea groups is 1. The van der Waals surface area contributed by atoms with E-state index in [2.05, 4.69) is 17.6 Å². The average molecular weight is 164 g/mol. The summed E-state index contributed by atoms with van der Waals surface area (Å²) in [5.41, 5.74) is 0. The Morgan fingerprint density at radius 2 is 2.20 bits per heavy atom. The van der Waals surface area contributed by atoms with Crippen molar-refractivity contribution in [3.05, 3.63) is 0 Å². The number of ether oxygens (including phenoxy) is 1. The third kappa shape index (κ3) is 4.02. The highest BCUT2D eigenvalue weighted by Gasteiger charge is 2.03. The molecular weight excluding hydrogens is 156 g/mol. The second kappa shape index (κ2) is 4.92. The fourth-order valence-corrected chi connectivity index (χ4v) is 0.344. The molecule has 0 spiro atoms. The molecule has 3 amide bonds. The monoisotopic (exact) mass is 164 g/mol. The van der Waals surface area contributed by atoms with E-state index >= 15 is 0 Å². The predicted molar refractivity (Wildman–Crippen MR) is 37.7 cm³/mol. The lowest BCUT2D eigenvalue weighted by atomic mass is 10.8. The van der Waals surface area contributed by atoms with Gasteiger partial charge in [0.25, 0.3) is 0 Å². The number of imide groups is 1. The van der Waals surface area contributed by atoms with E-state index in [4.69, 9.17) is 0 Å². The largest absolute Gasteiger partial charge is 0.450 e. The molecule has 0 aliphatic rings. The molecule has 6 heteroatoms. The van der Waals surface area contributed by atoms with Gasteiger partial charge in [-0.05, 0) is 6.92 Å². The molecule has 10 heavy (non-hydrogen) atoms. The normalized spacial score (nSPS) is 8.20. The van der Waals surface area contributed by atoms with Crippen LogP contribution in [0.3, 0.4) is 0 Å². The zero-order chi connectivity index (χ0) is 7.98. The van der Waals surface area contributed by atoms with Crippen molar-refractivity contribution < 1.29 is 14.3 Å². The van der Waals surface area contributed by atoms with E-state index in [1.54, 1.807) is 6.92 Å². The van der Waals surface area contributed by atoms with Crippen molar-refractivity contribution in [1.29, 1.82) is 0 Å². The molecule has 58 valence electrons. The SMILES string of the molecule is CCOC(=O)NC(=O)NS. The van der Waals surface area contributed by atoms with E-state index in [0.717, 1.165) is 0 Å². The highest BCUT2D eigenvalue weighted by atomic mass is 32.1. The van der Waals surface area contributed by atoms with E-state index in [0.29, 0.717) is 0 Å². The van der Waals surface area contributed by atoms with Crippen LogP contribution in [0.1, 0.15) is 6.92 Å². The molecule has 0 aromatic rings. The smallest absolute Gasteiger partial charge is 0.415 e. The van der Waals surface area contributed by atoms with Crippen LogP contribution >= 0.6 is 12.8 Å². The van der Waals surface area contributed by atoms with Gasteiger partial charge in [-0.1, -0.05) is 12.8 Å². The number of alkyl carbamates (subject to hydrolysis) is 1. The van der Waals surface area contributed by atoms with E-state index in [9.17, 15) is 9.59 Å². The Balaban J connectivity index is 3.47. The fraction of sp³-hybridized carbons (Fsp3) is 0.500. The van der Waals surface area contributed by atoms with Crippen molar-refractivity contribution >= 4 is 24.9 Å². The zero-order valence-electron chi connectivity index (χ0n) is 5.38. The summed E-state index contributed by atoms with van der Waals surface area (Å²) in [6.45, 7) is 1.86. The number of carbonyl (C=O) groups excluding carboxylic acids is 2. The minimum Gasteiger partial charge on any atom is -0.450 e. The van der Waals surface area contributed by atoms with Crippen LogP contribution in [0.25, 0.3) is 0 Å². The second-order valence-corrected chi connectivity index (χ2v) is 1.51. The van der Waals surface area contributed by atoms with Crippen LogP contribution in [0.4, 0.5) is 9.59 Å². The number of carbonyl (C=O) groups is 2. The summed E-state index contributed by atoms with van der Waals surface area (Å²) in [6, 6.07) is -0.707. The first kappa shape index (κ1) is 9.09. The molecule has 0 saturated carbocycles. The van der Waals surface area contributed by atoms with Gasteiger partial charge in [0, 0.05) is 0 Å². The zero-order valence-corrected chi connectivity index (χ0v) is 6.27. The van der Waals surface area contributed by atoms with Crippen LogP contribution < -0.4 is 10.0 Å². The predicted octanol–water partition coefficient (Wildman–Crippen LogP) is 0.287. The molecule has 0 aliphatic carbocycles. The van der Waals surface area contributed by atoms with Crippen LogP contribution in [-0.4, -0.2) is 18.7 Å². The minimum absolute atomic E-state index is 0.228. The van der Waals surface area contributed by atoms with E-state index in [1.165, 1.54) is 0 Å². The van der Waals surface area contributed by atoms with Gasteiger partial charge in [-0.3, -0.25) is 4.72 Å². The quantitative estimate of drug-likeness (QED) is 0.488. The van der Waals surface area contributed by atoms with Crippen molar-refractivity contribution in [3.8, 4) is 0 Å². The van der Waals surface area contributed by atoms with Gasteiger partial charge in [-0.2, -0.15) is 0 Å². The molecule has 2 N–H and O–H groups in total. The lowest BCUT2D eigenvalue weighted by molar-refractivity contribution is 0.153. The first-order chi connectivity index (χ1) is 4.70. The molecular formula is C4H8N2O3S. The molecule has 0 unspecified atom stereocenters. The highest BCUT2D eigenvalue weighted by molar-refractivity contribution is 7.78. The second-order valence-electron chi connectivity index (χ2n) is 1.29. The number of thiol groups is 1. The van der Waals surface area contributed by atoms with Crippen molar-refractivity contribution in [2.24, 2.45) is 0 Å². The average Bonchev–Trinajstić information content (AvgIpc) is 1.88. The van der Waals surface area contributed by atoms with E-state index < -0.39 is 12.1 Å². The highest BCUT2D eigenvalue weighted by Crippen LogP contribution is 1.75. The van der Waals surface area contributed by atoms with Gasteiger partial charge in [0.1, 0.15) is 0 Å². The van der Waals surface area contributed by atoms with Crippen molar-refractivity contribution in [2.45, 2.75) is 6.92 Å². The third-order valence-electron chi connectivity index (χ3n) is 0.593. The Bertz CT molecular complexity index is 138. The summed E-state index contributed by atoms with van der Waals surface area (Å²) in [4.78, 5) is 20.7. The number of amides is 3. The Morgan fingerprint density at radius 1 is 1.60 bits per heavy atom.